The number of benzene rings is 1. The van der Waals surface area contributed by atoms with Crippen LogP contribution in [0.2, 0.25) is 0 Å². The SMILES string of the molecule is CCC(O)(CC(=O)O)c1cc(Br)ccc1OC. The molecule has 17 heavy (non-hydrogen) atoms. The molecule has 0 bridgehead atoms. The van der Waals surface area contributed by atoms with Gasteiger partial charge in [0.2, 0.25) is 0 Å². The van der Waals surface area contributed by atoms with E-state index < -0.39 is 11.6 Å². The smallest absolute Gasteiger partial charge is 0.306 e. The summed E-state index contributed by atoms with van der Waals surface area (Å²) in [7, 11) is 1.49. The van der Waals surface area contributed by atoms with Gasteiger partial charge in [0.05, 0.1) is 13.5 Å². The molecule has 1 atom stereocenters. The topological polar surface area (TPSA) is 66.8 Å². The molecule has 1 rings (SSSR count). The summed E-state index contributed by atoms with van der Waals surface area (Å²) in [5.74, 6) is -0.560. The summed E-state index contributed by atoms with van der Waals surface area (Å²) in [6.07, 6.45) is -0.0531. The van der Waals surface area contributed by atoms with E-state index in [9.17, 15) is 9.90 Å². The third-order valence-electron chi connectivity index (χ3n) is 2.69. The van der Waals surface area contributed by atoms with Gasteiger partial charge >= 0.3 is 5.97 Å². The first-order valence-corrected chi connectivity index (χ1v) is 6.00. The van der Waals surface area contributed by atoms with Gasteiger partial charge in [0.1, 0.15) is 11.4 Å². The first kappa shape index (κ1) is 14.0. The van der Waals surface area contributed by atoms with Gasteiger partial charge in [0.15, 0.2) is 0 Å². The van der Waals surface area contributed by atoms with Crippen LogP contribution in [-0.4, -0.2) is 23.3 Å². The Kier molecular flexibility index (Phi) is 4.54. The van der Waals surface area contributed by atoms with Crippen molar-refractivity contribution in [3.63, 3.8) is 0 Å². The number of hydrogen-bond acceptors (Lipinski definition) is 3. The fraction of sp³-hybridized carbons (Fsp3) is 0.417. The van der Waals surface area contributed by atoms with Crippen molar-refractivity contribution in [3.05, 3.63) is 28.2 Å². The molecule has 0 aliphatic rings. The van der Waals surface area contributed by atoms with Crippen LogP contribution in [0.4, 0.5) is 0 Å². The molecule has 0 aliphatic heterocycles. The molecule has 0 saturated carbocycles. The van der Waals surface area contributed by atoms with E-state index in [1.165, 1.54) is 7.11 Å². The van der Waals surface area contributed by atoms with Gasteiger partial charge in [-0.3, -0.25) is 4.79 Å². The maximum Gasteiger partial charge on any atom is 0.306 e. The molecule has 1 aromatic carbocycles. The normalized spacial score (nSPS) is 14.1. The fourth-order valence-corrected chi connectivity index (χ4v) is 2.07. The summed E-state index contributed by atoms with van der Waals surface area (Å²) in [6, 6.07) is 5.16. The third-order valence-corrected chi connectivity index (χ3v) is 3.18. The van der Waals surface area contributed by atoms with Gasteiger partial charge in [-0.05, 0) is 24.6 Å². The van der Waals surface area contributed by atoms with Gasteiger partial charge in [-0.15, -0.1) is 0 Å². The fourth-order valence-electron chi connectivity index (χ4n) is 1.70. The van der Waals surface area contributed by atoms with Crippen molar-refractivity contribution in [1.82, 2.24) is 0 Å². The number of halogens is 1. The average molecular weight is 303 g/mol. The zero-order valence-electron chi connectivity index (χ0n) is 9.74. The van der Waals surface area contributed by atoms with Crippen LogP contribution in [0.25, 0.3) is 0 Å². The number of aliphatic carboxylic acids is 1. The van der Waals surface area contributed by atoms with Gasteiger partial charge in [-0.1, -0.05) is 22.9 Å². The highest BCUT2D eigenvalue weighted by atomic mass is 79.9. The first-order valence-electron chi connectivity index (χ1n) is 5.21. The number of aliphatic hydroxyl groups is 1. The number of carbonyl (C=O) groups is 1. The minimum Gasteiger partial charge on any atom is -0.496 e. The van der Waals surface area contributed by atoms with Crippen molar-refractivity contribution >= 4 is 21.9 Å². The Balaban J connectivity index is 3.26. The van der Waals surface area contributed by atoms with Crippen molar-refractivity contribution in [2.45, 2.75) is 25.4 Å². The predicted molar refractivity (Wildman–Crippen MR) is 67.1 cm³/mol. The zero-order valence-corrected chi connectivity index (χ0v) is 11.3. The predicted octanol–water partition coefficient (Wildman–Crippen LogP) is 2.53. The Hall–Kier alpha value is -1.07. The lowest BCUT2D eigenvalue weighted by Gasteiger charge is -2.27. The summed E-state index contributed by atoms with van der Waals surface area (Å²) < 4.78 is 5.93. The maximum atomic E-state index is 10.8. The van der Waals surface area contributed by atoms with Crippen LogP contribution in [0.5, 0.6) is 5.75 Å². The first-order chi connectivity index (χ1) is 7.92. The van der Waals surface area contributed by atoms with Crippen LogP contribution < -0.4 is 4.74 Å². The van der Waals surface area contributed by atoms with Crippen molar-refractivity contribution in [2.75, 3.05) is 7.11 Å². The van der Waals surface area contributed by atoms with E-state index in [0.29, 0.717) is 17.7 Å². The quantitative estimate of drug-likeness (QED) is 0.877. The molecular weight excluding hydrogens is 288 g/mol. The van der Waals surface area contributed by atoms with Crippen LogP contribution >= 0.6 is 15.9 Å². The molecular formula is C12H15BrO4. The second-order valence-electron chi connectivity index (χ2n) is 3.80. The van der Waals surface area contributed by atoms with E-state index in [4.69, 9.17) is 9.84 Å². The van der Waals surface area contributed by atoms with E-state index in [-0.39, 0.29) is 6.42 Å². The molecule has 0 fully saturated rings. The second-order valence-corrected chi connectivity index (χ2v) is 4.72. The molecule has 0 spiro atoms. The van der Waals surface area contributed by atoms with Gasteiger partial charge < -0.3 is 14.9 Å². The monoisotopic (exact) mass is 302 g/mol. The number of methoxy groups -OCH3 is 1. The van der Waals surface area contributed by atoms with Gasteiger partial charge in [0, 0.05) is 10.0 Å². The average Bonchev–Trinajstić information content (AvgIpc) is 2.28. The van der Waals surface area contributed by atoms with Crippen LogP contribution in [0.3, 0.4) is 0 Å². The highest BCUT2D eigenvalue weighted by Gasteiger charge is 2.33. The van der Waals surface area contributed by atoms with E-state index in [2.05, 4.69) is 15.9 Å². The van der Waals surface area contributed by atoms with Crippen LogP contribution in [0, 0.1) is 0 Å². The molecule has 2 N–H and O–H groups in total. The summed E-state index contributed by atoms with van der Waals surface area (Å²) in [5, 5.41) is 19.3. The Labute approximate surface area is 108 Å². The lowest BCUT2D eigenvalue weighted by molar-refractivity contribution is -0.143. The van der Waals surface area contributed by atoms with Gasteiger partial charge in [-0.2, -0.15) is 0 Å². The Morgan fingerprint density at radius 3 is 2.65 bits per heavy atom. The molecule has 1 unspecified atom stereocenters. The zero-order chi connectivity index (χ0) is 13.1. The Bertz CT molecular complexity index is 419. The number of carboxylic acids is 1. The molecule has 4 nitrogen and oxygen atoms in total. The van der Waals surface area contributed by atoms with E-state index in [0.717, 1.165) is 4.47 Å². The summed E-state index contributed by atoms with van der Waals surface area (Å²) in [6.45, 7) is 1.74. The summed E-state index contributed by atoms with van der Waals surface area (Å²) in [4.78, 5) is 10.8. The lowest BCUT2D eigenvalue weighted by atomic mass is 9.87. The number of carboxylic acid groups (broad SMARTS) is 1. The van der Waals surface area contributed by atoms with E-state index >= 15 is 0 Å². The number of hydrogen-bond donors (Lipinski definition) is 2. The minimum atomic E-state index is -1.42. The number of rotatable bonds is 5. The summed E-state index contributed by atoms with van der Waals surface area (Å²) in [5.41, 5.74) is -0.930. The van der Waals surface area contributed by atoms with Crippen molar-refractivity contribution in [2.24, 2.45) is 0 Å². The molecule has 0 heterocycles. The standard InChI is InChI=1S/C12H15BrO4/c1-3-12(16,7-11(14)15)9-6-8(13)4-5-10(9)17-2/h4-6,16H,3,7H2,1-2H3,(H,14,15). The van der Waals surface area contributed by atoms with Crippen LogP contribution in [-0.2, 0) is 10.4 Å². The van der Waals surface area contributed by atoms with Crippen LogP contribution in [0.1, 0.15) is 25.3 Å². The molecule has 94 valence electrons. The van der Waals surface area contributed by atoms with Crippen molar-refractivity contribution in [1.29, 1.82) is 0 Å². The molecule has 1 aromatic rings. The molecule has 0 aromatic heterocycles. The highest BCUT2D eigenvalue weighted by Crippen LogP contribution is 2.37. The molecule has 0 amide bonds. The Morgan fingerprint density at radius 1 is 1.53 bits per heavy atom. The summed E-state index contributed by atoms with van der Waals surface area (Å²) >= 11 is 3.30. The number of ether oxygens (including phenoxy) is 1. The van der Waals surface area contributed by atoms with Crippen molar-refractivity contribution < 1.29 is 19.7 Å². The largest absolute Gasteiger partial charge is 0.496 e. The van der Waals surface area contributed by atoms with Crippen LogP contribution in [0.15, 0.2) is 22.7 Å². The maximum absolute atomic E-state index is 10.8. The van der Waals surface area contributed by atoms with Gasteiger partial charge in [-0.25, -0.2) is 0 Å². The molecule has 0 radical (unpaired) electrons. The lowest BCUT2D eigenvalue weighted by Crippen LogP contribution is -2.28. The van der Waals surface area contributed by atoms with Gasteiger partial charge in [0.25, 0.3) is 0 Å². The minimum absolute atomic E-state index is 0.298. The third kappa shape index (κ3) is 3.20. The van der Waals surface area contributed by atoms with E-state index in [1.807, 2.05) is 0 Å². The van der Waals surface area contributed by atoms with Crippen molar-refractivity contribution in [3.8, 4) is 5.75 Å². The molecule has 5 heteroatoms. The second kappa shape index (κ2) is 5.51. The molecule has 0 aliphatic carbocycles. The van der Waals surface area contributed by atoms with E-state index in [1.54, 1.807) is 25.1 Å². The molecule has 0 saturated heterocycles. The highest BCUT2D eigenvalue weighted by molar-refractivity contribution is 9.10. The Morgan fingerprint density at radius 2 is 2.18 bits per heavy atom.